The predicted molar refractivity (Wildman–Crippen MR) is 89.1 cm³/mol. The summed E-state index contributed by atoms with van der Waals surface area (Å²) >= 11 is 0. The third-order valence-electron chi connectivity index (χ3n) is 3.93. The molecule has 0 aliphatic heterocycles. The highest BCUT2D eigenvalue weighted by Crippen LogP contribution is 2.21. The van der Waals surface area contributed by atoms with Gasteiger partial charge in [0.05, 0.1) is 17.5 Å². The largest absolute Gasteiger partial charge is 0.481 e. The van der Waals surface area contributed by atoms with E-state index in [9.17, 15) is 4.79 Å². The smallest absolute Gasteiger partial charge is 0.307 e. The van der Waals surface area contributed by atoms with Crippen molar-refractivity contribution in [3.05, 3.63) is 29.6 Å². The lowest BCUT2D eigenvalue weighted by molar-refractivity contribution is -0.136. The van der Waals surface area contributed by atoms with Gasteiger partial charge in [-0.2, -0.15) is 0 Å². The molecule has 2 aromatic rings. The van der Waals surface area contributed by atoms with Gasteiger partial charge < -0.3 is 9.67 Å². The van der Waals surface area contributed by atoms with Gasteiger partial charge >= 0.3 is 5.97 Å². The van der Waals surface area contributed by atoms with Crippen LogP contribution in [0.3, 0.4) is 0 Å². The normalized spacial score (nSPS) is 11.5. The van der Waals surface area contributed by atoms with E-state index in [4.69, 9.17) is 10.1 Å². The summed E-state index contributed by atoms with van der Waals surface area (Å²) in [6.07, 6.45) is 4.45. The molecule has 1 aromatic carbocycles. The number of imidazole rings is 1. The number of aromatic nitrogens is 2. The standard InChI is InChI=1S/C18H26N2O2/c1-4-5-6-17-19-15-11-14(12-18(21)22)7-8-16(15)20(17)10-9-13(2)3/h7-8,11,13H,4-6,9-10,12H2,1-3H3,(H,21,22). The number of rotatable bonds is 8. The summed E-state index contributed by atoms with van der Waals surface area (Å²) in [7, 11) is 0. The van der Waals surface area contributed by atoms with Crippen molar-refractivity contribution < 1.29 is 9.90 Å². The predicted octanol–water partition coefficient (Wildman–Crippen LogP) is 4.05. The Bertz CT molecular complexity index is 644. The van der Waals surface area contributed by atoms with E-state index < -0.39 is 5.97 Å². The third kappa shape index (κ3) is 4.09. The fraction of sp³-hybridized carbons (Fsp3) is 0.556. The summed E-state index contributed by atoms with van der Waals surface area (Å²) in [5, 5.41) is 8.93. The number of carboxylic acid groups (broad SMARTS) is 1. The second-order valence-corrected chi connectivity index (χ2v) is 6.36. The van der Waals surface area contributed by atoms with Gasteiger partial charge in [-0.1, -0.05) is 33.3 Å². The Hall–Kier alpha value is -1.84. The van der Waals surface area contributed by atoms with Crippen LogP contribution in [-0.2, 0) is 24.2 Å². The van der Waals surface area contributed by atoms with E-state index >= 15 is 0 Å². The van der Waals surface area contributed by atoms with E-state index in [-0.39, 0.29) is 6.42 Å². The molecular formula is C18H26N2O2. The first-order valence-corrected chi connectivity index (χ1v) is 8.21. The maximum Gasteiger partial charge on any atom is 0.307 e. The Kier molecular flexibility index (Phi) is 5.58. The Labute approximate surface area is 132 Å². The van der Waals surface area contributed by atoms with Gasteiger partial charge in [0.1, 0.15) is 5.82 Å². The van der Waals surface area contributed by atoms with E-state index in [2.05, 4.69) is 25.3 Å². The van der Waals surface area contributed by atoms with Crippen molar-refractivity contribution in [3.8, 4) is 0 Å². The van der Waals surface area contributed by atoms with Crippen molar-refractivity contribution in [1.29, 1.82) is 0 Å². The van der Waals surface area contributed by atoms with Gasteiger partial charge in [-0.3, -0.25) is 4.79 Å². The molecule has 0 aliphatic carbocycles. The molecule has 120 valence electrons. The van der Waals surface area contributed by atoms with Crippen LogP contribution in [0.5, 0.6) is 0 Å². The first-order chi connectivity index (χ1) is 10.5. The Morgan fingerprint density at radius 1 is 1.36 bits per heavy atom. The molecule has 0 aliphatic rings. The number of aliphatic carboxylic acids is 1. The zero-order chi connectivity index (χ0) is 16.1. The van der Waals surface area contributed by atoms with Gasteiger partial charge in [0.25, 0.3) is 0 Å². The van der Waals surface area contributed by atoms with Crippen LogP contribution in [0.1, 0.15) is 51.4 Å². The minimum absolute atomic E-state index is 0.0547. The van der Waals surface area contributed by atoms with Crippen LogP contribution in [0.4, 0.5) is 0 Å². The molecule has 1 heterocycles. The first kappa shape index (κ1) is 16.5. The molecule has 0 unspecified atom stereocenters. The van der Waals surface area contributed by atoms with E-state index in [0.717, 1.165) is 54.6 Å². The van der Waals surface area contributed by atoms with Crippen molar-refractivity contribution in [1.82, 2.24) is 9.55 Å². The molecule has 0 saturated heterocycles. The minimum atomic E-state index is -0.801. The summed E-state index contributed by atoms with van der Waals surface area (Å²) in [4.78, 5) is 15.6. The molecule has 0 atom stereocenters. The lowest BCUT2D eigenvalue weighted by Crippen LogP contribution is -2.06. The molecule has 22 heavy (non-hydrogen) atoms. The number of carbonyl (C=O) groups is 1. The second-order valence-electron chi connectivity index (χ2n) is 6.36. The first-order valence-electron chi connectivity index (χ1n) is 8.21. The quantitative estimate of drug-likeness (QED) is 0.800. The van der Waals surface area contributed by atoms with Gasteiger partial charge in [-0.15, -0.1) is 0 Å². The maximum absolute atomic E-state index is 10.9. The van der Waals surface area contributed by atoms with Gasteiger partial charge in [0.2, 0.25) is 0 Å². The van der Waals surface area contributed by atoms with Crippen LogP contribution in [-0.4, -0.2) is 20.6 Å². The lowest BCUT2D eigenvalue weighted by atomic mass is 10.1. The molecule has 1 N–H and O–H groups in total. The topological polar surface area (TPSA) is 55.1 Å². The average molecular weight is 302 g/mol. The van der Waals surface area contributed by atoms with Gasteiger partial charge in [-0.05, 0) is 36.5 Å². The Morgan fingerprint density at radius 3 is 2.77 bits per heavy atom. The van der Waals surface area contributed by atoms with Gasteiger partial charge in [0, 0.05) is 13.0 Å². The van der Waals surface area contributed by atoms with Crippen LogP contribution in [0, 0.1) is 5.92 Å². The van der Waals surface area contributed by atoms with E-state index in [0.29, 0.717) is 5.92 Å². The number of hydrogen-bond donors (Lipinski definition) is 1. The SMILES string of the molecule is CCCCc1nc2cc(CC(=O)O)ccc2n1CCC(C)C. The second kappa shape index (κ2) is 7.43. The molecule has 0 spiro atoms. The number of hydrogen-bond acceptors (Lipinski definition) is 2. The van der Waals surface area contributed by atoms with Crippen molar-refractivity contribution in [2.75, 3.05) is 0 Å². The van der Waals surface area contributed by atoms with Crippen LogP contribution in [0.2, 0.25) is 0 Å². The fourth-order valence-corrected chi connectivity index (χ4v) is 2.67. The summed E-state index contributed by atoms with van der Waals surface area (Å²) in [5.41, 5.74) is 2.87. The number of aryl methyl sites for hydroxylation is 2. The molecule has 0 fully saturated rings. The maximum atomic E-state index is 10.9. The minimum Gasteiger partial charge on any atom is -0.481 e. The highest BCUT2D eigenvalue weighted by molar-refractivity contribution is 5.79. The average Bonchev–Trinajstić information content (AvgIpc) is 2.79. The summed E-state index contributed by atoms with van der Waals surface area (Å²) in [6, 6.07) is 5.86. The zero-order valence-electron chi connectivity index (χ0n) is 13.8. The van der Waals surface area contributed by atoms with E-state index in [1.165, 1.54) is 0 Å². The number of nitrogens with zero attached hydrogens (tertiary/aromatic N) is 2. The fourth-order valence-electron chi connectivity index (χ4n) is 2.67. The number of unbranched alkanes of at least 4 members (excludes halogenated alkanes) is 1. The zero-order valence-corrected chi connectivity index (χ0v) is 13.8. The van der Waals surface area contributed by atoms with Crippen molar-refractivity contribution in [3.63, 3.8) is 0 Å². The molecule has 1 aromatic heterocycles. The number of fused-ring (bicyclic) bond motifs is 1. The van der Waals surface area contributed by atoms with Crippen LogP contribution >= 0.6 is 0 Å². The summed E-state index contributed by atoms with van der Waals surface area (Å²) < 4.78 is 2.32. The Balaban J connectivity index is 2.36. The number of benzene rings is 1. The molecule has 0 radical (unpaired) electrons. The van der Waals surface area contributed by atoms with Crippen LogP contribution < -0.4 is 0 Å². The van der Waals surface area contributed by atoms with Crippen LogP contribution in [0.15, 0.2) is 18.2 Å². The third-order valence-corrected chi connectivity index (χ3v) is 3.93. The molecule has 0 saturated carbocycles. The van der Waals surface area contributed by atoms with Crippen molar-refractivity contribution in [2.24, 2.45) is 5.92 Å². The molecular weight excluding hydrogens is 276 g/mol. The molecule has 2 rings (SSSR count). The van der Waals surface area contributed by atoms with E-state index in [1.54, 1.807) is 0 Å². The molecule has 4 heteroatoms. The Morgan fingerprint density at radius 2 is 2.14 bits per heavy atom. The van der Waals surface area contributed by atoms with Gasteiger partial charge in [-0.25, -0.2) is 4.98 Å². The van der Waals surface area contributed by atoms with Gasteiger partial charge in [0.15, 0.2) is 0 Å². The molecule has 4 nitrogen and oxygen atoms in total. The number of carboxylic acids is 1. The monoisotopic (exact) mass is 302 g/mol. The van der Waals surface area contributed by atoms with Crippen LogP contribution in [0.25, 0.3) is 11.0 Å². The highest BCUT2D eigenvalue weighted by Gasteiger charge is 2.12. The summed E-state index contributed by atoms with van der Waals surface area (Å²) in [6.45, 7) is 7.63. The summed E-state index contributed by atoms with van der Waals surface area (Å²) in [5.74, 6) is 0.984. The highest BCUT2D eigenvalue weighted by atomic mass is 16.4. The lowest BCUT2D eigenvalue weighted by Gasteiger charge is -2.11. The van der Waals surface area contributed by atoms with Crippen molar-refractivity contribution >= 4 is 17.0 Å². The molecule has 0 bridgehead atoms. The molecule has 0 amide bonds. The van der Waals surface area contributed by atoms with E-state index in [1.807, 2.05) is 18.2 Å². The van der Waals surface area contributed by atoms with Crippen molar-refractivity contribution in [2.45, 2.75) is 59.4 Å².